The van der Waals surface area contributed by atoms with E-state index in [9.17, 15) is 9.59 Å². The summed E-state index contributed by atoms with van der Waals surface area (Å²) in [6.07, 6.45) is 2.35. The maximum absolute atomic E-state index is 11.1. The fraction of sp³-hybridized carbons (Fsp3) is 0.667. The van der Waals surface area contributed by atoms with Crippen molar-refractivity contribution in [2.75, 3.05) is 0 Å². The molecule has 0 aliphatic heterocycles. The van der Waals surface area contributed by atoms with E-state index < -0.39 is 11.7 Å². The third-order valence-electron chi connectivity index (χ3n) is 2.14. The van der Waals surface area contributed by atoms with Gasteiger partial charge in [-0.25, -0.2) is 4.79 Å². The zero-order valence-electron chi connectivity index (χ0n) is 8.60. The summed E-state index contributed by atoms with van der Waals surface area (Å²) >= 11 is 0. The number of carboxylic acid groups (broad SMARTS) is 1. The molecule has 0 spiro atoms. The molecule has 84 valence electrons. The van der Waals surface area contributed by atoms with Crippen LogP contribution in [0.4, 0.5) is 0 Å². The fourth-order valence-electron chi connectivity index (χ4n) is 1.31. The van der Waals surface area contributed by atoms with E-state index in [4.69, 9.17) is 5.11 Å². The molecule has 0 amide bonds. The van der Waals surface area contributed by atoms with Crippen molar-refractivity contribution in [1.29, 1.82) is 0 Å². The van der Waals surface area contributed by atoms with Crippen molar-refractivity contribution >= 4 is 5.97 Å². The molecule has 6 heteroatoms. The zero-order chi connectivity index (χ0) is 11.3. The summed E-state index contributed by atoms with van der Waals surface area (Å²) in [5.41, 5.74) is 0. The van der Waals surface area contributed by atoms with Gasteiger partial charge in [-0.15, -0.1) is 0 Å². The van der Waals surface area contributed by atoms with Crippen LogP contribution in [-0.4, -0.2) is 20.8 Å². The SMILES string of the molecule is Cc1noc(=O)n1CCCCCC(=O)O. The summed E-state index contributed by atoms with van der Waals surface area (Å²) in [5, 5.41) is 11.9. The third kappa shape index (κ3) is 3.57. The maximum Gasteiger partial charge on any atom is 0.441 e. The molecule has 0 saturated carbocycles. The average Bonchev–Trinajstić information content (AvgIpc) is 2.47. The molecule has 0 saturated heterocycles. The van der Waals surface area contributed by atoms with Gasteiger partial charge in [-0.05, 0) is 19.8 Å². The molecule has 0 fully saturated rings. The average molecular weight is 214 g/mol. The molecule has 0 atom stereocenters. The van der Waals surface area contributed by atoms with Crippen LogP contribution in [0.1, 0.15) is 31.5 Å². The number of nitrogens with zero attached hydrogens (tertiary/aromatic N) is 2. The molecule has 1 aromatic heterocycles. The Morgan fingerprint density at radius 2 is 2.20 bits per heavy atom. The van der Waals surface area contributed by atoms with E-state index in [2.05, 4.69) is 9.68 Å². The van der Waals surface area contributed by atoms with E-state index in [0.29, 0.717) is 18.8 Å². The Bertz CT molecular complexity index is 380. The van der Waals surface area contributed by atoms with Crippen molar-refractivity contribution in [2.24, 2.45) is 0 Å². The molecule has 1 aromatic rings. The van der Waals surface area contributed by atoms with Crippen molar-refractivity contribution in [3.8, 4) is 0 Å². The lowest BCUT2D eigenvalue weighted by Gasteiger charge is -2.00. The number of unbranched alkanes of at least 4 members (excludes halogenated alkanes) is 2. The van der Waals surface area contributed by atoms with Crippen molar-refractivity contribution < 1.29 is 14.4 Å². The van der Waals surface area contributed by atoms with Gasteiger partial charge in [0.1, 0.15) is 0 Å². The number of aliphatic carboxylic acids is 1. The van der Waals surface area contributed by atoms with Crippen molar-refractivity contribution in [1.82, 2.24) is 9.72 Å². The second-order valence-corrected chi connectivity index (χ2v) is 3.35. The van der Waals surface area contributed by atoms with Gasteiger partial charge < -0.3 is 5.11 Å². The van der Waals surface area contributed by atoms with Gasteiger partial charge in [0.15, 0.2) is 5.82 Å². The van der Waals surface area contributed by atoms with E-state index in [1.807, 2.05) is 0 Å². The Hall–Kier alpha value is -1.59. The highest BCUT2D eigenvalue weighted by atomic mass is 16.5. The van der Waals surface area contributed by atoms with Crippen LogP contribution >= 0.6 is 0 Å². The van der Waals surface area contributed by atoms with Gasteiger partial charge in [0.05, 0.1) is 0 Å². The molecule has 0 aliphatic carbocycles. The zero-order valence-corrected chi connectivity index (χ0v) is 8.60. The number of hydrogen-bond acceptors (Lipinski definition) is 4. The van der Waals surface area contributed by atoms with Gasteiger partial charge in [0.25, 0.3) is 0 Å². The lowest BCUT2D eigenvalue weighted by molar-refractivity contribution is -0.137. The van der Waals surface area contributed by atoms with Gasteiger partial charge in [-0.3, -0.25) is 13.9 Å². The minimum absolute atomic E-state index is 0.178. The lowest BCUT2D eigenvalue weighted by Crippen LogP contribution is -2.15. The first-order valence-corrected chi connectivity index (χ1v) is 4.86. The molecule has 1 rings (SSSR count). The van der Waals surface area contributed by atoms with Crippen LogP contribution in [0.5, 0.6) is 0 Å². The van der Waals surface area contributed by atoms with Gasteiger partial charge >= 0.3 is 11.7 Å². The number of aryl methyl sites for hydroxylation is 1. The molecular weight excluding hydrogens is 200 g/mol. The quantitative estimate of drug-likeness (QED) is 0.707. The third-order valence-corrected chi connectivity index (χ3v) is 2.14. The number of carbonyl (C=O) groups is 1. The van der Waals surface area contributed by atoms with E-state index in [1.54, 1.807) is 6.92 Å². The van der Waals surface area contributed by atoms with Crippen molar-refractivity contribution in [3.63, 3.8) is 0 Å². The topological polar surface area (TPSA) is 85.3 Å². The Morgan fingerprint density at radius 1 is 1.47 bits per heavy atom. The number of aromatic nitrogens is 2. The Kier molecular flexibility index (Phi) is 4.08. The monoisotopic (exact) mass is 214 g/mol. The van der Waals surface area contributed by atoms with Gasteiger partial charge in [-0.2, -0.15) is 0 Å². The highest BCUT2D eigenvalue weighted by molar-refractivity contribution is 5.66. The van der Waals surface area contributed by atoms with Crippen LogP contribution in [0.3, 0.4) is 0 Å². The summed E-state index contributed by atoms with van der Waals surface area (Å²) in [4.78, 5) is 21.3. The summed E-state index contributed by atoms with van der Waals surface area (Å²) in [6.45, 7) is 2.23. The van der Waals surface area contributed by atoms with E-state index in [-0.39, 0.29) is 6.42 Å². The van der Waals surface area contributed by atoms with Crippen molar-refractivity contribution in [3.05, 3.63) is 16.4 Å². The molecular formula is C9H14N2O4. The molecule has 0 unspecified atom stereocenters. The van der Waals surface area contributed by atoms with Crippen LogP contribution in [0.2, 0.25) is 0 Å². The van der Waals surface area contributed by atoms with Crippen LogP contribution < -0.4 is 5.76 Å². The summed E-state index contributed by atoms with van der Waals surface area (Å²) in [7, 11) is 0. The van der Waals surface area contributed by atoms with E-state index in [1.165, 1.54) is 4.57 Å². The van der Waals surface area contributed by atoms with Gasteiger partial charge in [0, 0.05) is 13.0 Å². The Morgan fingerprint density at radius 3 is 2.73 bits per heavy atom. The number of carboxylic acids is 1. The lowest BCUT2D eigenvalue weighted by atomic mass is 10.2. The fourth-order valence-corrected chi connectivity index (χ4v) is 1.31. The summed E-state index contributed by atoms with van der Waals surface area (Å²) in [5.74, 6) is -0.683. The molecule has 0 radical (unpaired) electrons. The minimum Gasteiger partial charge on any atom is -0.481 e. The molecule has 0 bridgehead atoms. The Labute approximate surface area is 86.5 Å². The molecule has 15 heavy (non-hydrogen) atoms. The summed E-state index contributed by atoms with van der Waals surface area (Å²) < 4.78 is 5.90. The van der Waals surface area contributed by atoms with Crippen LogP contribution in [0, 0.1) is 6.92 Å². The van der Waals surface area contributed by atoms with Gasteiger partial charge in [0.2, 0.25) is 0 Å². The molecule has 0 aliphatic rings. The smallest absolute Gasteiger partial charge is 0.441 e. The minimum atomic E-state index is -0.784. The molecule has 1 N–H and O–H groups in total. The second-order valence-electron chi connectivity index (χ2n) is 3.35. The van der Waals surface area contributed by atoms with Crippen LogP contribution in [0.15, 0.2) is 9.32 Å². The maximum atomic E-state index is 11.1. The van der Waals surface area contributed by atoms with E-state index >= 15 is 0 Å². The van der Waals surface area contributed by atoms with Crippen LogP contribution in [-0.2, 0) is 11.3 Å². The number of hydrogen-bond donors (Lipinski definition) is 1. The highest BCUT2D eigenvalue weighted by Crippen LogP contribution is 2.02. The molecule has 1 heterocycles. The largest absolute Gasteiger partial charge is 0.481 e. The summed E-state index contributed by atoms with van der Waals surface area (Å²) in [6, 6.07) is 0. The second kappa shape index (κ2) is 5.33. The molecule has 6 nitrogen and oxygen atoms in total. The van der Waals surface area contributed by atoms with Crippen LogP contribution in [0.25, 0.3) is 0 Å². The first kappa shape index (κ1) is 11.5. The van der Waals surface area contributed by atoms with Gasteiger partial charge in [-0.1, -0.05) is 11.6 Å². The molecule has 0 aromatic carbocycles. The first-order chi connectivity index (χ1) is 7.11. The highest BCUT2D eigenvalue weighted by Gasteiger charge is 2.05. The first-order valence-electron chi connectivity index (χ1n) is 4.86. The number of rotatable bonds is 6. The predicted molar refractivity (Wildman–Crippen MR) is 51.6 cm³/mol. The van der Waals surface area contributed by atoms with E-state index in [0.717, 1.165) is 12.8 Å². The Balaban J connectivity index is 2.26. The van der Waals surface area contributed by atoms with Crippen molar-refractivity contribution in [2.45, 2.75) is 39.2 Å². The standard InChI is InChI=1S/C9H14N2O4/c1-7-10-15-9(14)11(7)6-4-2-3-5-8(12)13/h2-6H2,1H3,(H,12,13). The predicted octanol–water partition coefficient (Wildman–Crippen LogP) is 0.790. The normalized spacial score (nSPS) is 10.5.